The molecule has 0 spiro atoms. The van der Waals surface area contributed by atoms with Crippen molar-refractivity contribution in [3.8, 4) is 17.3 Å². The molecule has 0 fully saturated rings. The highest BCUT2D eigenvalue weighted by molar-refractivity contribution is 6.35. The molecule has 0 aliphatic carbocycles. The van der Waals surface area contributed by atoms with E-state index in [1.165, 1.54) is 6.07 Å². The largest absolute Gasteiger partial charge is 0.398 e. The summed E-state index contributed by atoms with van der Waals surface area (Å²) in [6, 6.07) is 13.8. The number of rotatable bonds is 6. The minimum atomic E-state index is -0.671. The molecule has 0 radical (unpaired) electrons. The van der Waals surface area contributed by atoms with Crippen molar-refractivity contribution in [3.05, 3.63) is 75.3 Å². The van der Waals surface area contributed by atoms with Crippen molar-refractivity contribution < 1.29 is 9.59 Å². The molecular weight excluding hydrogens is 487 g/mol. The first-order valence-corrected chi connectivity index (χ1v) is 11.4. The zero-order valence-corrected chi connectivity index (χ0v) is 20.9. The van der Waals surface area contributed by atoms with Gasteiger partial charge in [0, 0.05) is 34.0 Å². The van der Waals surface area contributed by atoms with Crippen molar-refractivity contribution in [2.45, 2.75) is 32.7 Å². The highest BCUT2D eigenvalue weighted by atomic mass is 35.5. The second kappa shape index (κ2) is 10.6. The third-order valence-electron chi connectivity index (χ3n) is 5.40. The van der Waals surface area contributed by atoms with E-state index in [-0.39, 0.29) is 11.7 Å². The average molecular weight is 511 g/mol. The number of benzene rings is 2. The number of nitrogen functional groups attached to an aromatic ring is 1. The summed E-state index contributed by atoms with van der Waals surface area (Å²) < 4.78 is 1.60. The van der Waals surface area contributed by atoms with Gasteiger partial charge in [-0.2, -0.15) is 10.4 Å². The van der Waals surface area contributed by atoms with Crippen LogP contribution in [-0.2, 0) is 9.59 Å². The molecule has 0 aliphatic rings. The summed E-state index contributed by atoms with van der Waals surface area (Å²) in [6.45, 7) is 5.52. The van der Waals surface area contributed by atoms with Gasteiger partial charge in [0.05, 0.1) is 10.9 Å². The molecule has 0 bridgehead atoms. The molecule has 3 rings (SSSR count). The summed E-state index contributed by atoms with van der Waals surface area (Å²) in [5.74, 6) is -1.49. The number of hydrogen-bond acceptors (Lipinski definition) is 6. The molecule has 1 unspecified atom stereocenters. The SMILES string of the molecule is CC(C(=O)NC(=O)C=C(N)c1ccc(Cl)cc1Cl)c1ccc(-c2nn(C(C)C)c(N)c2C#N)cc1. The molecule has 2 aromatic carbocycles. The number of aromatic nitrogens is 2. The highest BCUT2D eigenvalue weighted by Gasteiger charge is 2.21. The van der Waals surface area contributed by atoms with Gasteiger partial charge in [0.15, 0.2) is 0 Å². The van der Waals surface area contributed by atoms with Crippen molar-refractivity contribution in [2.24, 2.45) is 5.73 Å². The second-order valence-electron chi connectivity index (χ2n) is 8.18. The quantitative estimate of drug-likeness (QED) is 0.412. The maximum absolute atomic E-state index is 12.6. The van der Waals surface area contributed by atoms with Crippen molar-refractivity contribution in [1.29, 1.82) is 5.26 Å². The number of halogens is 2. The average Bonchev–Trinajstić information content (AvgIpc) is 3.14. The minimum absolute atomic E-state index is 0.00446. The van der Waals surface area contributed by atoms with Gasteiger partial charge in [-0.1, -0.05) is 47.5 Å². The first-order valence-electron chi connectivity index (χ1n) is 10.7. The predicted molar refractivity (Wildman–Crippen MR) is 137 cm³/mol. The fourth-order valence-corrected chi connectivity index (χ4v) is 3.96. The Labute approximate surface area is 213 Å². The van der Waals surface area contributed by atoms with E-state index in [4.69, 9.17) is 34.7 Å². The standard InChI is InChI=1S/C25H24Cl2N6O2/c1-13(2)33-24(30)19(12-28)23(32-33)16-6-4-15(5-7-16)14(3)25(35)31-22(34)11-21(29)18-9-8-17(26)10-20(18)27/h4-11,13-14H,29-30H2,1-3H3,(H,31,34,35). The van der Waals surface area contributed by atoms with Gasteiger partial charge >= 0.3 is 0 Å². The Kier molecular flexibility index (Phi) is 7.85. The summed E-state index contributed by atoms with van der Waals surface area (Å²) in [5, 5.41) is 17.0. The number of amides is 2. The predicted octanol–water partition coefficient (Wildman–Crippen LogP) is 4.64. The van der Waals surface area contributed by atoms with E-state index in [1.54, 1.807) is 48.0 Å². The van der Waals surface area contributed by atoms with Gasteiger partial charge in [-0.3, -0.25) is 14.9 Å². The Hall–Kier alpha value is -3.80. The lowest BCUT2D eigenvalue weighted by atomic mass is 9.97. The number of carbonyl (C=O) groups is 2. The third kappa shape index (κ3) is 5.65. The third-order valence-corrected chi connectivity index (χ3v) is 5.95. The Balaban J connectivity index is 1.74. The second-order valence-corrected chi connectivity index (χ2v) is 9.02. The van der Waals surface area contributed by atoms with Crippen LogP contribution in [0.2, 0.25) is 10.0 Å². The van der Waals surface area contributed by atoms with Crippen LogP contribution in [0.5, 0.6) is 0 Å². The van der Waals surface area contributed by atoms with E-state index < -0.39 is 17.7 Å². The Morgan fingerprint density at radius 1 is 1.14 bits per heavy atom. The van der Waals surface area contributed by atoms with E-state index in [0.717, 1.165) is 6.08 Å². The van der Waals surface area contributed by atoms with Crippen LogP contribution in [0.3, 0.4) is 0 Å². The van der Waals surface area contributed by atoms with Gasteiger partial charge in [-0.15, -0.1) is 0 Å². The van der Waals surface area contributed by atoms with E-state index in [2.05, 4.69) is 16.5 Å². The molecule has 8 nitrogen and oxygen atoms in total. The Morgan fingerprint density at radius 3 is 2.37 bits per heavy atom. The number of nitriles is 1. The van der Waals surface area contributed by atoms with Crippen LogP contribution >= 0.6 is 23.2 Å². The highest BCUT2D eigenvalue weighted by Crippen LogP contribution is 2.30. The minimum Gasteiger partial charge on any atom is -0.398 e. The van der Waals surface area contributed by atoms with Gasteiger partial charge in [0.1, 0.15) is 23.1 Å². The Bertz CT molecular complexity index is 1350. The lowest BCUT2D eigenvalue weighted by Gasteiger charge is -2.12. The maximum atomic E-state index is 12.6. The normalized spacial score (nSPS) is 12.3. The molecule has 10 heteroatoms. The molecule has 1 aromatic heterocycles. The number of anilines is 1. The molecule has 0 aliphatic heterocycles. The lowest BCUT2D eigenvalue weighted by molar-refractivity contribution is -0.128. The number of carbonyl (C=O) groups excluding carboxylic acids is 2. The van der Waals surface area contributed by atoms with Crippen molar-refractivity contribution in [1.82, 2.24) is 15.1 Å². The van der Waals surface area contributed by atoms with Crippen LogP contribution < -0.4 is 16.8 Å². The number of nitrogens with zero attached hydrogens (tertiary/aromatic N) is 3. The first kappa shape index (κ1) is 25.8. The molecule has 1 atom stereocenters. The van der Waals surface area contributed by atoms with E-state index in [9.17, 15) is 14.9 Å². The summed E-state index contributed by atoms with van der Waals surface area (Å²) in [6.07, 6.45) is 1.10. The van der Waals surface area contributed by atoms with Gasteiger partial charge < -0.3 is 11.5 Å². The fraction of sp³-hybridized carbons (Fsp3) is 0.200. The Morgan fingerprint density at radius 2 is 1.80 bits per heavy atom. The topological polar surface area (TPSA) is 140 Å². The fourth-order valence-electron chi connectivity index (χ4n) is 3.44. The lowest BCUT2D eigenvalue weighted by Crippen LogP contribution is -2.33. The molecule has 0 saturated heterocycles. The number of nitrogens with one attached hydrogen (secondary N) is 1. The molecule has 35 heavy (non-hydrogen) atoms. The van der Waals surface area contributed by atoms with Crippen LogP contribution in [-0.4, -0.2) is 21.6 Å². The number of nitrogens with two attached hydrogens (primary N) is 2. The van der Waals surface area contributed by atoms with Gasteiger partial charge in [0.25, 0.3) is 5.91 Å². The van der Waals surface area contributed by atoms with Crippen LogP contribution in [0, 0.1) is 11.3 Å². The molecule has 2 amide bonds. The summed E-state index contributed by atoms with van der Waals surface area (Å²) in [5.41, 5.74) is 14.7. The van der Waals surface area contributed by atoms with Crippen molar-refractivity contribution >= 4 is 46.5 Å². The summed E-state index contributed by atoms with van der Waals surface area (Å²) >= 11 is 12.0. The number of hydrogen-bond donors (Lipinski definition) is 3. The van der Waals surface area contributed by atoms with Crippen molar-refractivity contribution in [2.75, 3.05) is 5.73 Å². The maximum Gasteiger partial charge on any atom is 0.252 e. The molecular formula is C25H24Cl2N6O2. The van der Waals surface area contributed by atoms with Gasteiger partial charge in [0.2, 0.25) is 5.91 Å². The van der Waals surface area contributed by atoms with Gasteiger partial charge in [-0.05, 0) is 44.5 Å². The zero-order valence-electron chi connectivity index (χ0n) is 19.3. The van der Waals surface area contributed by atoms with E-state index in [1.807, 2.05) is 13.8 Å². The van der Waals surface area contributed by atoms with Crippen LogP contribution in [0.25, 0.3) is 17.0 Å². The van der Waals surface area contributed by atoms with Crippen LogP contribution in [0.4, 0.5) is 5.82 Å². The van der Waals surface area contributed by atoms with Crippen molar-refractivity contribution in [3.63, 3.8) is 0 Å². The van der Waals surface area contributed by atoms with E-state index >= 15 is 0 Å². The smallest absolute Gasteiger partial charge is 0.252 e. The molecule has 3 aromatic rings. The van der Waals surface area contributed by atoms with Crippen LogP contribution in [0.15, 0.2) is 48.5 Å². The van der Waals surface area contributed by atoms with Crippen LogP contribution in [0.1, 0.15) is 49.4 Å². The van der Waals surface area contributed by atoms with E-state index in [0.29, 0.717) is 43.8 Å². The summed E-state index contributed by atoms with van der Waals surface area (Å²) in [7, 11) is 0. The molecule has 180 valence electrons. The monoisotopic (exact) mass is 510 g/mol. The zero-order chi connectivity index (χ0) is 25.9. The first-order chi connectivity index (χ1) is 16.5. The molecule has 0 saturated carbocycles. The molecule has 5 N–H and O–H groups in total. The van der Waals surface area contributed by atoms with Gasteiger partial charge in [-0.25, -0.2) is 4.68 Å². The summed E-state index contributed by atoms with van der Waals surface area (Å²) in [4.78, 5) is 25.0. The number of imide groups is 1. The molecule has 1 heterocycles.